The molecule has 0 rings (SSSR count). The van der Waals surface area contributed by atoms with Crippen LogP contribution in [0, 0.1) is 0 Å². The van der Waals surface area contributed by atoms with Gasteiger partial charge >= 0.3 is 0 Å². The molecule has 0 amide bonds. The Kier molecular flexibility index (Phi) is 2.60. The van der Waals surface area contributed by atoms with Gasteiger partial charge in [-0.15, -0.1) is 0 Å². The van der Waals surface area contributed by atoms with Crippen LogP contribution in [0.2, 0.25) is 0 Å². The number of Topliss-reactive ketones (excluding diaryl/α,β-unsaturated/α-hetero) is 1. The summed E-state index contributed by atoms with van der Waals surface area (Å²) in [5.41, 5.74) is 5.27. The zero-order valence-electron chi connectivity index (χ0n) is 4.77. The molecule has 0 aromatic heterocycles. The van der Waals surface area contributed by atoms with Crippen LogP contribution < -0.4 is 5.73 Å². The van der Waals surface area contributed by atoms with E-state index in [1.807, 2.05) is 6.92 Å². The number of hydrogen-bond donors (Lipinski definition) is 1. The molecule has 42 valence electrons. The summed E-state index contributed by atoms with van der Waals surface area (Å²) < 4.78 is 0. The SMILES string of the molecule is CC[C@H](N)C(C)=O. The maximum absolute atomic E-state index is 10.2. The van der Waals surface area contributed by atoms with Gasteiger partial charge in [0, 0.05) is 0 Å². The molecule has 0 aromatic carbocycles. The summed E-state index contributed by atoms with van der Waals surface area (Å²) in [7, 11) is 0. The van der Waals surface area contributed by atoms with E-state index in [2.05, 4.69) is 0 Å². The molecule has 7 heavy (non-hydrogen) atoms. The Hall–Kier alpha value is -0.370. The number of carbonyl (C=O) groups excluding carboxylic acids is 1. The van der Waals surface area contributed by atoms with Crippen LogP contribution in [0.15, 0.2) is 0 Å². The van der Waals surface area contributed by atoms with Gasteiger partial charge in [-0.3, -0.25) is 4.79 Å². The fraction of sp³-hybridized carbons (Fsp3) is 0.800. The summed E-state index contributed by atoms with van der Waals surface area (Å²) in [5.74, 6) is 0.0718. The minimum atomic E-state index is -0.236. The number of ketones is 1. The van der Waals surface area contributed by atoms with Crippen LogP contribution in [-0.4, -0.2) is 11.8 Å². The first-order valence-electron chi connectivity index (χ1n) is 2.44. The zero-order valence-corrected chi connectivity index (χ0v) is 4.77. The Morgan fingerprint density at radius 3 is 2.29 bits per heavy atom. The van der Waals surface area contributed by atoms with Gasteiger partial charge in [-0.1, -0.05) is 6.92 Å². The second-order valence-electron chi connectivity index (χ2n) is 1.63. The first kappa shape index (κ1) is 6.63. The molecule has 2 heteroatoms. The van der Waals surface area contributed by atoms with Crippen molar-refractivity contribution in [3.05, 3.63) is 0 Å². The predicted molar refractivity (Wildman–Crippen MR) is 28.9 cm³/mol. The first-order valence-corrected chi connectivity index (χ1v) is 2.44. The molecule has 0 heterocycles. The quantitative estimate of drug-likeness (QED) is 0.544. The van der Waals surface area contributed by atoms with Gasteiger partial charge in [-0.05, 0) is 13.3 Å². The van der Waals surface area contributed by atoms with E-state index in [0.717, 1.165) is 6.42 Å². The number of nitrogens with two attached hydrogens (primary N) is 1. The highest BCUT2D eigenvalue weighted by Gasteiger charge is 2.01. The van der Waals surface area contributed by atoms with E-state index >= 15 is 0 Å². The Balaban J connectivity index is 3.34. The zero-order chi connectivity index (χ0) is 5.86. The summed E-state index contributed by atoms with van der Waals surface area (Å²) in [5, 5.41) is 0. The van der Waals surface area contributed by atoms with E-state index in [-0.39, 0.29) is 11.8 Å². The van der Waals surface area contributed by atoms with E-state index in [9.17, 15) is 4.79 Å². The molecule has 0 bridgehead atoms. The van der Waals surface area contributed by atoms with Crippen molar-refractivity contribution < 1.29 is 4.79 Å². The highest BCUT2D eigenvalue weighted by molar-refractivity contribution is 5.80. The molecule has 0 fully saturated rings. The van der Waals surface area contributed by atoms with Crippen LogP contribution in [0.4, 0.5) is 0 Å². The van der Waals surface area contributed by atoms with Gasteiger partial charge in [0.25, 0.3) is 0 Å². The van der Waals surface area contributed by atoms with Gasteiger partial charge in [0.15, 0.2) is 0 Å². The van der Waals surface area contributed by atoms with Gasteiger partial charge < -0.3 is 5.73 Å². The molecular weight excluding hydrogens is 90.1 g/mol. The lowest BCUT2D eigenvalue weighted by Crippen LogP contribution is -2.26. The molecule has 0 aliphatic heterocycles. The summed E-state index contributed by atoms with van der Waals surface area (Å²) in [6.07, 6.45) is 0.745. The number of carbonyl (C=O) groups is 1. The Labute approximate surface area is 43.7 Å². The van der Waals surface area contributed by atoms with Gasteiger partial charge in [0.1, 0.15) is 5.78 Å². The Morgan fingerprint density at radius 2 is 2.29 bits per heavy atom. The van der Waals surface area contributed by atoms with Crippen LogP contribution in [0.25, 0.3) is 0 Å². The topological polar surface area (TPSA) is 43.1 Å². The van der Waals surface area contributed by atoms with Crippen molar-refractivity contribution in [3.63, 3.8) is 0 Å². The predicted octanol–water partition coefficient (Wildman–Crippen LogP) is 0.313. The second-order valence-corrected chi connectivity index (χ2v) is 1.63. The third-order valence-electron chi connectivity index (χ3n) is 0.962. The monoisotopic (exact) mass is 101 g/mol. The highest BCUT2D eigenvalue weighted by atomic mass is 16.1. The van der Waals surface area contributed by atoms with Crippen LogP contribution in [0.3, 0.4) is 0 Å². The molecule has 2 N–H and O–H groups in total. The summed E-state index contributed by atoms with van der Waals surface area (Å²) in [4.78, 5) is 10.2. The molecule has 0 aliphatic carbocycles. The maximum Gasteiger partial charge on any atom is 0.146 e. The van der Waals surface area contributed by atoms with E-state index < -0.39 is 0 Å². The van der Waals surface area contributed by atoms with Gasteiger partial charge in [0.2, 0.25) is 0 Å². The minimum absolute atomic E-state index is 0.0718. The normalized spacial score (nSPS) is 13.6. The standard InChI is InChI=1S/C5H11NO/c1-3-5(6)4(2)7/h5H,3,6H2,1-2H3/t5-/m0/s1. The van der Waals surface area contributed by atoms with Crippen LogP contribution >= 0.6 is 0 Å². The van der Waals surface area contributed by atoms with Gasteiger partial charge in [0.05, 0.1) is 6.04 Å². The summed E-state index contributed by atoms with van der Waals surface area (Å²) in [6, 6.07) is -0.236. The van der Waals surface area contributed by atoms with E-state index in [1.165, 1.54) is 6.92 Å². The van der Waals surface area contributed by atoms with Crippen molar-refractivity contribution >= 4 is 5.78 Å². The van der Waals surface area contributed by atoms with Crippen LogP contribution in [0.1, 0.15) is 20.3 Å². The first-order chi connectivity index (χ1) is 3.18. The van der Waals surface area contributed by atoms with E-state index in [1.54, 1.807) is 0 Å². The van der Waals surface area contributed by atoms with Crippen molar-refractivity contribution in [3.8, 4) is 0 Å². The lowest BCUT2D eigenvalue weighted by Gasteiger charge is -1.99. The molecular formula is C5H11NO. The number of rotatable bonds is 2. The smallest absolute Gasteiger partial charge is 0.146 e. The van der Waals surface area contributed by atoms with E-state index in [0.29, 0.717) is 0 Å². The molecule has 1 atom stereocenters. The highest BCUT2D eigenvalue weighted by Crippen LogP contribution is 1.84. The Morgan fingerprint density at radius 1 is 1.86 bits per heavy atom. The molecule has 0 radical (unpaired) electrons. The van der Waals surface area contributed by atoms with Gasteiger partial charge in [-0.25, -0.2) is 0 Å². The Bertz CT molecular complexity index is 70.5. The van der Waals surface area contributed by atoms with Crippen molar-refractivity contribution in [2.24, 2.45) is 5.73 Å². The molecule has 0 spiro atoms. The lowest BCUT2D eigenvalue weighted by atomic mass is 10.2. The molecule has 2 nitrogen and oxygen atoms in total. The largest absolute Gasteiger partial charge is 0.322 e. The average Bonchev–Trinajstić information content (AvgIpc) is 1.65. The third-order valence-corrected chi connectivity index (χ3v) is 0.962. The summed E-state index contributed by atoms with van der Waals surface area (Å²) in [6.45, 7) is 3.40. The van der Waals surface area contributed by atoms with Crippen molar-refractivity contribution in [1.82, 2.24) is 0 Å². The van der Waals surface area contributed by atoms with Crippen molar-refractivity contribution in [2.75, 3.05) is 0 Å². The second kappa shape index (κ2) is 2.75. The fourth-order valence-corrected chi connectivity index (χ4v) is 0.287. The third kappa shape index (κ3) is 2.34. The molecule has 0 unspecified atom stereocenters. The van der Waals surface area contributed by atoms with Gasteiger partial charge in [-0.2, -0.15) is 0 Å². The van der Waals surface area contributed by atoms with E-state index in [4.69, 9.17) is 5.73 Å². The molecule has 0 saturated heterocycles. The lowest BCUT2D eigenvalue weighted by molar-refractivity contribution is -0.118. The van der Waals surface area contributed by atoms with Crippen molar-refractivity contribution in [1.29, 1.82) is 0 Å². The fourth-order valence-electron chi connectivity index (χ4n) is 0.287. The van der Waals surface area contributed by atoms with Crippen LogP contribution in [0.5, 0.6) is 0 Å². The summed E-state index contributed by atoms with van der Waals surface area (Å²) >= 11 is 0. The average molecular weight is 101 g/mol. The minimum Gasteiger partial charge on any atom is -0.322 e. The molecule has 0 saturated carbocycles. The van der Waals surface area contributed by atoms with Crippen molar-refractivity contribution in [2.45, 2.75) is 26.3 Å². The maximum atomic E-state index is 10.2. The van der Waals surface area contributed by atoms with Crippen LogP contribution in [-0.2, 0) is 4.79 Å². The molecule has 0 aliphatic rings. The molecule has 0 aromatic rings. The number of hydrogen-bond acceptors (Lipinski definition) is 2.